The van der Waals surface area contributed by atoms with E-state index in [0.29, 0.717) is 11.8 Å². The van der Waals surface area contributed by atoms with Gasteiger partial charge in [-0.05, 0) is 20.3 Å². The lowest BCUT2D eigenvalue weighted by molar-refractivity contribution is 0.282. The summed E-state index contributed by atoms with van der Waals surface area (Å²) in [7, 11) is 0. The highest BCUT2D eigenvalue weighted by Gasteiger charge is 2.20. The highest BCUT2D eigenvalue weighted by molar-refractivity contribution is 7.09. The largest absolute Gasteiger partial charge is 0.324 e. The topological polar surface area (TPSA) is 58.3 Å². The van der Waals surface area contributed by atoms with E-state index in [9.17, 15) is 0 Å². The third kappa shape index (κ3) is 3.94. The molecule has 3 aromatic rings. The second-order valence-electron chi connectivity index (χ2n) is 6.74. The molecule has 0 unspecified atom stereocenters. The van der Waals surface area contributed by atoms with Crippen LogP contribution in [0, 0.1) is 13.8 Å². The van der Waals surface area contributed by atoms with Gasteiger partial charge in [0.05, 0.1) is 10.7 Å². The Bertz CT molecular complexity index is 857. The molecule has 0 aliphatic carbocycles. The Morgan fingerprint density at radius 3 is 2.65 bits per heavy atom. The summed E-state index contributed by atoms with van der Waals surface area (Å²) >= 11 is 1.72. The fourth-order valence-corrected chi connectivity index (χ4v) is 3.80. The van der Waals surface area contributed by atoms with E-state index < -0.39 is 0 Å². The van der Waals surface area contributed by atoms with E-state index in [-0.39, 0.29) is 0 Å². The number of nitrogens with zero attached hydrogens (tertiary/aromatic N) is 5. The van der Waals surface area contributed by atoms with Crippen LogP contribution in [0.15, 0.2) is 34.2 Å². The molecule has 136 valence electrons. The maximum absolute atomic E-state index is 5.54. The lowest BCUT2D eigenvalue weighted by Crippen LogP contribution is -2.30. The summed E-state index contributed by atoms with van der Waals surface area (Å²) in [5.74, 6) is 0.652. The van der Waals surface area contributed by atoms with Gasteiger partial charge in [0, 0.05) is 43.7 Å². The van der Waals surface area contributed by atoms with Crippen LogP contribution in [0.4, 0.5) is 6.01 Å². The fourth-order valence-electron chi connectivity index (χ4n) is 3.19. The third-order valence-electron chi connectivity index (χ3n) is 4.64. The molecule has 7 heteroatoms. The first-order valence-corrected chi connectivity index (χ1v) is 9.84. The maximum atomic E-state index is 5.54. The highest BCUT2D eigenvalue weighted by atomic mass is 32.1. The van der Waals surface area contributed by atoms with Crippen LogP contribution in [0.2, 0.25) is 0 Å². The van der Waals surface area contributed by atoms with Crippen molar-refractivity contribution >= 4 is 17.4 Å². The Labute approximate surface area is 157 Å². The average molecular weight is 369 g/mol. The van der Waals surface area contributed by atoms with Crippen LogP contribution in [-0.4, -0.2) is 46.2 Å². The molecule has 1 aromatic carbocycles. The van der Waals surface area contributed by atoms with E-state index in [0.717, 1.165) is 49.7 Å². The zero-order valence-corrected chi connectivity index (χ0v) is 16.0. The van der Waals surface area contributed by atoms with Crippen LogP contribution in [0.3, 0.4) is 0 Å². The van der Waals surface area contributed by atoms with Crippen LogP contribution >= 0.6 is 11.3 Å². The molecule has 0 saturated carbocycles. The van der Waals surface area contributed by atoms with Gasteiger partial charge in [0.2, 0.25) is 5.82 Å². The Morgan fingerprint density at radius 1 is 1.04 bits per heavy atom. The number of hydrogen-bond donors (Lipinski definition) is 0. The standard InChI is InChI=1S/C19H23N5OS/c1-14-4-6-16(7-5-14)18-21-19(25-22-18)24-9-3-8-23(10-11-24)12-17-13-26-15(2)20-17/h4-7,13H,3,8-12H2,1-2H3. The summed E-state index contributed by atoms with van der Waals surface area (Å²) in [4.78, 5) is 13.8. The summed E-state index contributed by atoms with van der Waals surface area (Å²) in [6.45, 7) is 8.89. The van der Waals surface area contributed by atoms with Gasteiger partial charge in [0.15, 0.2) is 0 Å². The molecule has 0 N–H and O–H groups in total. The Balaban J connectivity index is 1.40. The molecule has 1 saturated heterocycles. The molecule has 0 radical (unpaired) electrons. The number of rotatable bonds is 4. The van der Waals surface area contributed by atoms with Crippen LogP contribution in [0.5, 0.6) is 0 Å². The van der Waals surface area contributed by atoms with Crippen molar-refractivity contribution in [3.63, 3.8) is 0 Å². The first kappa shape index (κ1) is 17.2. The summed E-state index contributed by atoms with van der Waals surface area (Å²) in [5, 5.41) is 7.45. The minimum absolute atomic E-state index is 0.618. The lowest BCUT2D eigenvalue weighted by Gasteiger charge is -2.19. The Kier molecular flexibility index (Phi) is 4.99. The van der Waals surface area contributed by atoms with Gasteiger partial charge in [-0.1, -0.05) is 35.0 Å². The first-order valence-electron chi connectivity index (χ1n) is 8.96. The normalized spacial score (nSPS) is 16.0. The molecule has 6 nitrogen and oxygen atoms in total. The molecular formula is C19H23N5OS. The number of benzene rings is 1. The van der Waals surface area contributed by atoms with Crippen molar-refractivity contribution in [2.45, 2.75) is 26.8 Å². The number of hydrogen-bond acceptors (Lipinski definition) is 7. The number of anilines is 1. The average Bonchev–Trinajstić information content (AvgIpc) is 3.21. The van der Waals surface area contributed by atoms with Gasteiger partial charge in [-0.3, -0.25) is 4.90 Å². The molecule has 3 heterocycles. The van der Waals surface area contributed by atoms with Crippen LogP contribution in [0.25, 0.3) is 11.4 Å². The molecule has 0 amide bonds. The first-order chi connectivity index (χ1) is 12.7. The summed E-state index contributed by atoms with van der Waals surface area (Å²) in [6, 6.07) is 8.81. The van der Waals surface area contributed by atoms with Gasteiger partial charge in [0.1, 0.15) is 0 Å². The summed E-state index contributed by atoms with van der Waals surface area (Å²) in [6.07, 6.45) is 1.07. The van der Waals surface area contributed by atoms with E-state index in [4.69, 9.17) is 4.52 Å². The molecule has 4 rings (SSSR count). The van der Waals surface area contributed by atoms with Crippen molar-refractivity contribution in [2.24, 2.45) is 0 Å². The second kappa shape index (κ2) is 7.55. The Hall–Kier alpha value is -2.25. The quantitative estimate of drug-likeness (QED) is 0.701. The van der Waals surface area contributed by atoms with Crippen molar-refractivity contribution in [2.75, 3.05) is 31.1 Å². The van der Waals surface area contributed by atoms with Gasteiger partial charge < -0.3 is 9.42 Å². The van der Waals surface area contributed by atoms with Crippen molar-refractivity contribution in [1.82, 2.24) is 20.0 Å². The predicted octanol–water partition coefficient (Wildman–Crippen LogP) is 3.52. The zero-order valence-electron chi connectivity index (χ0n) is 15.2. The molecule has 1 fully saturated rings. The van der Waals surface area contributed by atoms with Crippen LogP contribution in [0.1, 0.15) is 22.7 Å². The third-order valence-corrected chi connectivity index (χ3v) is 5.46. The molecule has 0 atom stereocenters. The number of aromatic nitrogens is 3. The predicted molar refractivity (Wildman–Crippen MR) is 103 cm³/mol. The van der Waals surface area contributed by atoms with Crippen LogP contribution in [-0.2, 0) is 6.54 Å². The molecule has 26 heavy (non-hydrogen) atoms. The van der Waals surface area contributed by atoms with E-state index in [1.54, 1.807) is 11.3 Å². The SMILES string of the molecule is Cc1ccc(-c2noc(N3CCCN(Cc4csc(C)n4)CC3)n2)cc1. The molecule has 1 aliphatic rings. The van der Waals surface area contributed by atoms with E-state index in [1.165, 1.54) is 11.3 Å². The van der Waals surface area contributed by atoms with Crippen molar-refractivity contribution in [3.8, 4) is 11.4 Å². The van der Waals surface area contributed by atoms with Crippen molar-refractivity contribution in [3.05, 3.63) is 45.9 Å². The summed E-state index contributed by atoms with van der Waals surface area (Å²) in [5.41, 5.74) is 3.38. The van der Waals surface area contributed by atoms with Gasteiger partial charge in [-0.15, -0.1) is 11.3 Å². The van der Waals surface area contributed by atoms with Gasteiger partial charge >= 0.3 is 6.01 Å². The van der Waals surface area contributed by atoms with Crippen molar-refractivity contribution < 1.29 is 4.52 Å². The van der Waals surface area contributed by atoms with E-state index >= 15 is 0 Å². The van der Waals surface area contributed by atoms with Gasteiger partial charge in [-0.2, -0.15) is 4.98 Å². The Morgan fingerprint density at radius 2 is 1.88 bits per heavy atom. The molecule has 0 spiro atoms. The molecule has 2 aromatic heterocycles. The minimum atomic E-state index is 0.618. The van der Waals surface area contributed by atoms with Gasteiger partial charge in [-0.25, -0.2) is 4.98 Å². The minimum Gasteiger partial charge on any atom is -0.323 e. The highest BCUT2D eigenvalue weighted by Crippen LogP contribution is 2.21. The van der Waals surface area contributed by atoms with E-state index in [1.807, 2.05) is 12.1 Å². The van der Waals surface area contributed by atoms with Crippen molar-refractivity contribution in [1.29, 1.82) is 0 Å². The van der Waals surface area contributed by atoms with Gasteiger partial charge in [0.25, 0.3) is 0 Å². The fraction of sp³-hybridized carbons (Fsp3) is 0.421. The monoisotopic (exact) mass is 369 g/mol. The summed E-state index contributed by atoms with van der Waals surface area (Å²) < 4.78 is 5.54. The van der Waals surface area contributed by atoms with E-state index in [2.05, 4.69) is 56.3 Å². The zero-order chi connectivity index (χ0) is 17.9. The molecular weight excluding hydrogens is 346 g/mol. The van der Waals surface area contributed by atoms with Crippen LogP contribution < -0.4 is 4.90 Å². The number of aryl methyl sites for hydroxylation is 2. The smallest absolute Gasteiger partial charge is 0.323 e. The maximum Gasteiger partial charge on any atom is 0.324 e. The second-order valence-corrected chi connectivity index (χ2v) is 7.80. The lowest BCUT2D eigenvalue weighted by atomic mass is 10.1. The molecule has 1 aliphatic heterocycles. The molecule has 0 bridgehead atoms. The number of thiazole rings is 1.